The normalized spacial score (nSPS) is 12.1. The lowest BCUT2D eigenvalue weighted by molar-refractivity contribution is 0.590. The van der Waals surface area contributed by atoms with E-state index in [1.165, 1.54) is 16.5 Å². The molecule has 1 aromatic carbocycles. The lowest BCUT2D eigenvalue weighted by Crippen LogP contribution is -2.15. The summed E-state index contributed by atoms with van der Waals surface area (Å²) in [6, 6.07) is 8.41. The average molecular weight is 213 g/mol. The molecule has 0 N–H and O–H groups in total. The molecule has 0 bridgehead atoms. The van der Waals surface area contributed by atoms with E-state index >= 15 is 0 Å². The Kier molecular flexibility index (Phi) is 2.49. The van der Waals surface area contributed by atoms with Crippen molar-refractivity contribution in [2.24, 2.45) is 0 Å². The third-order valence-electron chi connectivity index (χ3n) is 3.13. The van der Waals surface area contributed by atoms with Crippen molar-refractivity contribution in [1.29, 1.82) is 0 Å². The van der Waals surface area contributed by atoms with Gasteiger partial charge in [-0.2, -0.15) is 0 Å². The van der Waals surface area contributed by atoms with Crippen molar-refractivity contribution in [3.8, 4) is 0 Å². The number of benzene rings is 1. The van der Waals surface area contributed by atoms with Gasteiger partial charge in [-0.05, 0) is 36.5 Å². The molecule has 0 aliphatic heterocycles. The maximum atomic E-state index is 4.65. The summed E-state index contributed by atoms with van der Waals surface area (Å²) in [4.78, 5) is 4.65. The van der Waals surface area contributed by atoms with Crippen LogP contribution in [-0.2, 0) is 5.41 Å². The van der Waals surface area contributed by atoms with Crippen LogP contribution < -0.4 is 0 Å². The number of hydrogen-bond acceptors (Lipinski definition) is 1. The molecule has 0 aliphatic rings. The molecule has 0 spiro atoms. The first-order valence-corrected chi connectivity index (χ1v) is 5.77. The van der Waals surface area contributed by atoms with Gasteiger partial charge in [0.2, 0.25) is 0 Å². The van der Waals surface area contributed by atoms with Crippen molar-refractivity contribution in [3.05, 3.63) is 41.1 Å². The predicted octanol–water partition coefficient (Wildman–Crippen LogP) is 4.15. The van der Waals surface area contributed by atoms with Gasteiger partial charge in [-0.25, -0.2) is 0 Å². The van der Waals surface area contributed by atoms with Crippen LogP contribution in [0.15, 0.2) is 24.3 Å². The molecule has 1 heterocycles. The van der Waals surface area contributed by atoms with Gasteiger partial charge in [0, 0.05) is 11.1 Å². The number of rotatable bonds is 0. The third kappa shape index (κ3) is 1.71. The summed E-state index contributed by atoms with van der Waals surface area (Å²) in [5.41, 5.74) is 5.16. The van der Waals surface area contributed by atoms with Gasteiger partial charge < -0.3 is 0 Å². The molecule has 2 aromatic rings. The first kappa shape index (κ1) is 11.1. The molecule has 0 saturated heterocycles. The summed E-state index contributed by atoms with van der Waals surface area (Å²) in [7, 11) is 0. The molecular formula is C15H19N. The molecule has 16 heavy (non-hydrogen) atoms. The van der Waals surface area contributed by atoms with Crippen molar-refractivity contribution in [2.75, 3.05) is 0 Å². The van der Waals surface area contributed by atoms with Gasteiger partial charge in [-0.1, -0.05) is 39.0 Å². The minimum Gasteiger partial charge on any atom is -0.253 e. The first-order chi connectivity index (χ1) is 7.41. The van der Waals surface area contributed by atoms with Crippen LogP contribution in [0.1, 0.15) is 37.6 Å². The number of aromatic nitrogens is 1. The minimum absolute atomic E-state index is 0.164. The number of pyridine rings is 1. The second kappa shape index (κ2) is 3.58. The van der Waals surface area contributed by atoms with Crippen LogP contribution in [0.4, 0.5) is 0 Å². The number of hydrogen-bond donors (Lipinski definition) is 0. The van der Waals surface area contributed by atoms with E-state index in [0.717, 1.165) is 11.2 Å². The summed E-state index contributed by atoms with van der Waals surface area (Å²) in [6.45, 7) is 11.1. The lowest BCUT2D eigenvalue weighted by Gasteiger charge is -2.24. The maximum Gasteiger partial charge on any atom is 0.0708 e. The first-order valence-electron chi connectivity index (χ1n) is 5.77. The number of nitrogens with zero attached hydrogens (tertiary/aromatic N) is 1. The fourth-order valence-electron chi connectivity index (χ4n) is 2.40. The Morgan fingerprint density at radius 2 is 1.62 bits per heavy atom. The molecule has 2 rings (SSSR count). The molecule has 0 amide bonds. The zero-order chi connectivity index (χ0) is 11.9. The van der Waals surface area contributed by atoms with E-state index < -0.39 is 0 Å². The van der Waals surface area contributed by atoms with E-state index in [1.54, 1.807) is 0 Å². The van der Waals surface area contributed by atoms with Gasteiger partial charge >= 0.3 is 0 Å². The van der Waals surface area contributed by atoms with E-state index in [4.69, 9.17) is 0 Å². The molecule has 0 radical (unpaired) electrons. The number of para-hydroxylation sites is 1. The smallest absolute Gasteiger partial charge is 0.0708 e. The average Bonchev–Trinajstić information content (AvgIpc) is 2.17. The van der Waals surface area contributed by atoms with Crippen molar-refractivity contribution in [2.45, 2.75) is 40.0 Å². The van der Waals surface area contributed by atoms with Crippen molar-refractivity contribution in [3.63, 3.8) is 0 Å². The minimum atomic E-state index is 0.164. The molecule has 0 saturated carbocycles. The second-order valence-electron chi connectivity index (χ2n) is 5.46. The Hall–Kier alpha value is -1.37. The zero-order valence-electron chi connectivity index (χ0n) is 10.8. The largest absolute Gasteiger partial charge is 0.253 e. The number of aryl methyl sites for hydroxylation is 1. The molecule has 0 aliphatic carbocycles. The van der Waals surface area contributed by atoms with Crippen LogP contribution in [0.2, 0.25) is 0 Å². The van der Waals surface area contributed by atoms with Crippen LogP contribution in [0.5, 0.6) is 0 Å². The molecule has 1 nitrogen and oxygen atoms in total. The molecular weight excluding hydrogens is 194 g/mol. The SMILES string of the molecule is Cc1nc2ccccc2c(C(C)(C)C)c1C. The fourth-order valence-corrected chi connectivity index (χ4v) is 2.40. The summed E-state index contributed by atoms with van der Waals surface area (Å²) in [5, 5.41) is 1.29. The molecule has 0 fully saturated rings. The van der Waals surface area contributed by atoms with Crippen LogP contribution in [0.25, 0.3) is 10.9 Å². The predicted molar refractivity (Wildman–Crippen MR) is 69.9 cm³/mol. The highest BCUT2D eigenvalue weighted by Crippen LogP contribution is 2.33. The Morgan fingerprint density at radius 3 is 2.25 bits per heavy atom. The highest BCUT2D eigenvalue weighted by Gasteiger charge is 2.20. The van der Waals surface area contributed by atoms with Crippen molar-refractivity contribution in [1.82, 2.24) is 4.98 Å². The van der Waals surface area contributed by atoms with Crippen molar-refractivity contribution < 1.29 is 0 Å². The fraction of sp³-hybridized carbons (Fsp3) is 0.400. The van der Waals surface area contributed by atoms with Gasteiger partial charge in [0.05, 0.1) is 5.52 Å². The monoisotopic (exact) mass is 213 g/mol. The van der Waals surface area contributed by atoms with Crippen LogP contribution in [0.3, 0.4) is 0 Å². The highest BCUT2D eigenvalue weighted by atomic mass is 14.7. The molecule has 84 valence electrons. The molecule has 0 unspecified atom stereocenters. The molecule has 0 atom stereocenters. The van der Waals surface area contributed by atoms with Gasteiger partial charge in [0.15, 0.2) is 0 Å². The van der Waals surface area contributed by atoms with Gasteiger partial charge in [-0.3, -0.25) is 4.98 Å². The highest BCUT2D eigenvalue weighted by molar-refractivity contribution is 5.84. The van der Waals surface area contributed by atoms with E-state index in [-0.39, 0.29) is 5.41 Å². The number of fused-ring (bicyclic) bond motifs is 1. The lowest BCUT2D eigenvalue weighted by atomic mass is 9.81. The van der Waals surface area contributed by atoms with Gasteiger partial charge in [-0.15, -0.1) is 0 Å². The second-order valence-corrected chi connectivity index (χ2v) is 5.46. The molecule has 1 heteroatoms. The van der Waals surface area contributed by atoms with E-state index in [2.05, 4.69) is 63.9 Å². The van der Waals surface area contributed by atoms with E-state index in [1.807, 2.05) is 0 Å². The van der Waals surface area contributed by atoms with Crippen LogP contribution >= 0.6 is 0 Å². The van der Waals surface area contributed by atoms with Crippen LogP contribution in [-0.4, -0.2) is 4.98 Å². The standard InChI is InChI=1S/C15H19N/c1-10-11(2)16-13-9-7-6-8-12(13)14(10)15(3,4)5/h6-9H,1-5H3. The van der Waals surface area contributed by atoms with E-state index in [0.29, 0.717) is 0 Å². The Bertz CT molecular complexity index is 533. The van der Waals surface area contributed by atoms with E-state index in [9.17, 15) is 0 Å². The maximum absolute atomic E-state index is 4.65. The van der Waals surface area contributed by atoms with Crippen LogP contribution in [0, 0.1) is 13.8 Å². The topological polar surface area (TPSA) is 12.9 Å². The third-order valence-corrected chi connectivity index (χ3v) is 3.13. The Morgan fingerprint density at radius 1 is 1.00 bits per heavy atom. The zero-order valence-corrected chi connectivity index (χ0v) is 10.8. The summed E-state index contributed by atoms with van der Waals surface area (Å²) in [5.74, 6) is 0. The Balaban J connectivity index is 2.93. The van der Waals surface area contributed by atoms with Gasteiger partial charge in [0.1, 0.15) is 0 Å². The molecule has 1 aromatic heterocycles. The van der Waals surface area contributed by atoms with Gasteiger partial charge in [0.25, 0.3) is 0 Å². The quantitative estimate of drug-likeness (QED) is 0.640. The Labute approximate surface area is 97.5 Å². The summed E-state index contributed by atoms with van der Waals surface area (Å²) in [6.07, 6.45) is 0. The summed E-state index contributed by atoms with van der Waals surface area (Å²) < 4.78 is 0. The summed E-state index contributed by atoms with van der Waals surface area (Å²) >= 11 is 0. The van der Waals surface area contributed by atoms with Crippen molar-refractivity contribution >= 4 is 10.9 Å².